The van der Waals surface area contributed by atoms with Gasteiger partial charge in [-0.25, -0.2) is 14.1 Å². The molecule has 0 saturated carbocycles. The molecule has 1 aromatic heterocycles. The number of halogens is 2. The highest BCUT2D eigenvalue weighted by Crippen LogP contribution is 2.49. The molecule has 1 aliphatic heterocycles. The van der Waals surface area contributed by atoms with Crippen molar-refractivity contribution in [2.24, 2.45) is 0 Å². The molecule has 0 radical (unpaired) electrons. The molecule has 1 atom stereocenters. The number of ether oxygens (including phenoxy) is 1. The fourth-order valence-electron chi connectivity index (χ4n) is 3.73. The lowest BCUT2D eigenvalue weighted by Gasteiger charge is -2.29. The summed E-state index contributed by atoms with van der Waals surface area (Å²) in [6.07, 6.45) is 1.34. The molecule has 28 heavy (non-hydrogen) atoms. The van der Waals surface area contributed by atoms with Crippen molar-refractivity contribution in [2.75, 3.05) is 5.84 Å². The van der Waals surface area contributed by atoms with Crippen LogP contribution >= 0.6 is 11.6 Å². The van der Waals surface area contributed by atoms with Crippen LogP contribution in [0.2, 0.25) is 5.02 Å². The van der Waals surface area contributed by atoms with E-state index in [1.54, 1.807) is 12.1 Å². The Morgan fingerprint density at radius 3 is 2.57 bits per heavy atom. The van der Waals surface area contributed by atoms with Gasteiger partial charge in [0.25, 0.3) is 0 Å². The van der Waals surface area contributed by atoms with Gasteiger partial charge in [-0.05, 0) is 23.8 Å². The van der Waals surface area contributed by atoms with Gasteiger partial charge in [-0.3, -0.25) is 5.41 Å². The van der Waals surface area contributed by atoms with Crippen molar-refractivity contribution < 1.29 is 9.13 Å². The van der Waals surface area contributed by atoms with E-state index in [1.165, 1.54) is 18.5 Å². The molecule has 1 aliphatic rings. The van der Waals surface area contributed by atoms with Crippen LogP contribution in [0.25, 0.3) is 10.8 Å². The highest BCUT2D eigenvalue weighted by molar-refractivity contribution is 6.36. The highest BCUT2D eigenvalue weighted by Gasteiger charge is 2.33. The average molecular weight is 393 g/mol. The first kappa shape index (κ1) is 16.8. The number of nitrogens with zero attached hydrogens (tertiary/aromatic N) is 2. The van der Waals surface area contributed by atoms with E-state index in [0.29, 0.717) is 22.2 Å². The lowest BCUT2D eigenvalue weighted by atomic mass is 9.83. The molecule has 5 nitrogen and oxygen atoms in total. The Morgan fingerprint density at radius 2 is 1.82 bits per heavy atom. The van der Waals surface area contributed by atoms with Gasteiger partial charge in [-0.15, -0.1) is 0 Å². The Labute approximate surface area is 164 Å². The fraction of sp³-hybridized carbons (Fsp3) is 0.0476. The van der Waals surface area contributed by atoms with Crippen molar-refractivity contribution in [3.63, 3.8) is 0 Å². The third-order valence-corrected chi connectivity index (χ3v) is 5.33. The summed E-state index contributed by atoms with van der Waals surface area (Å²) in [4.78, 5) is 4.29. The van der Waals surface area contributed by atoms with Crippen LogP contribution < -0.4 is 16.1 Å². The number of hydrogen-bond donors (Lipinski definition) is 2. The second-order valence-corrected chi connectivity index (χ2v) is 7.04. The van der Waals surface area contributed by atoms with Crippen molar-refractivity contribution in [1.29, 1.82) is 5.41 Å². The van der Waals surface area contributed by atoms with Gasteiger partial charge < -0.3 is 10.6 Å². The van der Waals surface area contributed by atoms with Gasteiger partial charge in [0, 0.05) is 27.3 Å². The first-order valence-electron chi connectivity index (χ1n) is 8.60. The zero-order valence-corrected chi connectivity index (χ0v) is 15.2. The highest BCUT2D eigenvalue weighted by atomic mass is 35.5. The monoisotopic (exact) mass is 392 g/mol. The third-order valence-electron chi connectivity index (χ3n) is 5.02. The summed E-state index contributed by atoms with van der Waals surface area (Å²) < 4.78 is 20.8. The number of fused-ring (bicyclic) bond motifs is 4. The summed E-state index contributed by atoms with van der Waals surface area (Å²) in [5, 5.41) is 10.7. The van der Waals surface area contributed by atoms with Gasteiger partial charge in [0.1, 0.15) is 17.9 Å². The Kier molecular flexibility index (Phi) is 3.64. The van der Waals surface area contributed by atoms with Crippen molar-refractivity contribution in [3.05, 3.63) is 93.9 Å². The van der Waals surface area contributed by atoms with E-state index in [2.05, 4.69) is 4.98 Å². The molecule has 1 unspecified atom stereocenters. The van der Waals surface area contributed by atoms with Gasteiger partial charge in [-0.2, -0.15) is 0 Å². The topological polar surface area (TPSA) is 76.9 Å². The Balaban J connectivity index is 1.89. The lowest BCUT2D eigenvalue weighted by Crippen LogP contribution is -2.33. The predicted octanol–water partition coefficient (Wildman–Crippen LogP) is 4.31. The number of rotatable bonds is 1. The molecule has 0 spiro atoms. The number of nitrogens with one attached hydrogen (secondary N) is 1. The van der Waals surface area contributed by atoms with E-state index < -0.39 is 5.92 Å². The molecule has 2 heterocycles. The Bertz CT molecular complexity index is 1300. The minimum absolute atomic E-state index is 0.0641. The maximum absolute atomic E-state index is 13.5. The van der Waals surface area contributed by atoms with Crippen LogP contribution in [-0.2, 0) is 0 Å². The second-order valence-electron chi connectivity index (χ2n) is 6.63. The van der Waals surface area contributed by atoms with E-state index in [4.69, 9.17) is 27.6 Å². The molecule has 7 heteroatoms. The molecule has 0 amide bonds. The molecule has 138 valence electrons. The largest absolute Gasteiger partial charge is 0.438 e. The Hall–Kier alpha value is -3.38. The quantitative estimate of drug-likeness (QED) is 0.417. The van der Waals surface area contributed by atoms with Crippen molar-refractivity contribution >= 4 is 22.4 Å². The number of hydrogen-bond acceptors (Lipinski definition) is 4. The van der Waals surface area contributed by atoms with E-state index in [9.17, 15) is 4.39 Å². The van der Waals surface area contributed by atoms with Gasteiger partial charge in [0.15, 0.2) is 5.49 Å². The van der Waals surface area contributed by atoms with Crippen molar-refractivity contribution in [2.45, 2.75) is 5.92 Å². The van der Waals surface area contributed by atoms with Crippen LogP contribution in [0.3, 0.4) is 0 Å². The van der Waals surface area contributed by atoms with Crippen LogP contribution in [0.4, 0.5) is 4.39 Å². The van der Waals surface area contributed by atoms with Crippen LogP contribution in [0, 0.1) is 11.2 Å². The van der Waals surface area contributed by atoms with Crippen molar-refractivity contribution in [3.8, 4) is 11.6 Å². The molecule has 0 saturated heterocycles. The summed E-state index contributed by atoms with van der Waals surface area (Å²) in [5.41, 5.74) is 2.15. The Morgan fingerprint density at radius 1 is 1.11 bits per heavy atom. The van der Waals surface area contributed by atoms with Gasteiger partial charge in [-0.1, -0.05) is 48.0 Å². The summed E-state index contributed by atoms with van der Waals surface area (Å²) in [5.74, 6) is 6.06. The minimum Gasteiger partial charge on any atom is -0.438 e. The van der Waals surface area contributed by atoms with E-state index in [-0.39, 0.29) is 11.3 Å². The zero-order valence-electron chi connectivity index (χ0n) is 14.5. The second kappa shape index (κ2) is 6.07. The summed E-state index contributed by atoms with van der Waals surface area (Å²) in [6, 6.07) is 15.7. The molecule has 3 N–H and O–H groups in total. The van der Waals surface area contributed by atoms with Crippen molar-refractivity contribution in [1.82, 2.24) is 9.66 Å². The van der Waals surface area contributed by atoms with Gasteiger partial charge in [0.05, 0.1) is 5.56 Å². The minimum atomic E-state index is -0.419. The lowest BCUT2D eigenvalue weighted by molar-refractivity contribution is 0.431. The number of aromatic nitrogens is 2. The summed E-state index contributed by atoms with van der Waals surface area (Å²) in [7, 11) is 0. The van der Waals surface area contributed by atoms with E-state index in [0.717, 1.165) is 26.6 Å². The fourth-order valence-corrected chi connectivity index (χ4v) is 4.01. The molecule has 3 aromatic carbocycles. The molecular formula is C21H14ClFN4O. The van der Waals surface area contributed by atoms with E-state index in [1.807, 2.05) is 30.3 Å². The molecule has 0 aliphatic carbocycles. The predicted molar refractivity (Wildman–Crippen MR) is 105 cm³/mol. The number of benzene rings is 3. The SMILES string of the molecule is N=c1c2c(ncn1N)Oc1c(cc(Cl)c3ccccc13)C2c1ccc(F)cc1. The van der Waals surface area contributed by atoms with E-state index >= 15 is 0 Å². The summed E-state index contributed by atoms with van der Waals surface area (Å²) in [6.45, 7) is 0. The molecule has 4 aromatic rings. The first-order valence-corrected chi connectivity index (χ1v) is 8.98. The summed E-state index contributed by atoms with van der Waals surface area (Å²) >= 11 is 6.56. The number of nitrogen functional groups attached to an aromatic ring is 1. The van der Waals surface area contributed by atoms with Crippen LogP contribution in [0.5, 0.6) is 11.6 Å². The third kappa shape index (κ3) is 2.38. The van der Waals surface area contributed by atoms with Crippen LogP contribution in [0.1, 0.15) is 22.6 Å². The molecular weight excluding hydrogens is 379 g/mol. The zero-order chi connectivity index (χ0) is 19.4. The molecule has 0 fully saturated rings. The first-order chi connectivity index (χ1) is 13.5. The molecule has 5 rings (SSSR count). The maximum atomic E-state index is 13.5. The van der Waals surface area contributed by atoms with Gasteiger partial charge in [0.2, 0.25) is 5.88 Å². The average Bonchev–Trinajstić information content (AvgIpc) is 2.71. The normalized spacial score (nSPS) is 15.0. The number of nitrogens with two attached hydrogens (primary N) is 1. The van der Waals surface area contributed by atoms with Gasteiger partial charge >= 0.3 is 0 Å². The van der Waals surface area contributed by atoms with Crippen LogP contribution in [0.15, 0.2) is 60.9 Å². The van der Waals surface area contributed by atoms with Crippen LogP contribution in [-0.4, -0.2) is 9.66 Å². The smallest absolute Gasteiger partial charge is 0.228 e. The molecule has 0 bridgehead atoms. The standard InChI is InChI=1S/C21H14ClFN4O/c22-16-9-15-17(11-5-7-12(23)8-6-11)18-20(24)27(25)10-26-21(18)28-19(15)14-4-2-1-3-13(14)16/h1-10,17,24H,25H2. The maximum Gasteiger partial charge on any atom is 0.228 e.